The van der Waals surface area contributed by atoms with Crippen LogP contribution in [0.3, 0.4) is 0 Å². The van der Waals surface area contributed by atoms with Gasteiger partial charge in [0.05, 0.1) is 8.07 Å². The van der Waals surface area contributed by atoms with E-state index in [0.717, 1.165) is 0 Å². The Morgan fingerprint density at radius 2 is 1.58 bits per heavy atom. The van der Waals surface area contributed by atoms with Crippen molar-refractivity contribution in [1.29, 1.82) is 0 Å². The van der Waals surface area contributed by atoms with Gasteiger partial charge in [0.25, 0.3) is 0 Å². The SMILES string of the molecule is C=Cc1ccc([Si](C)(C)C)cc1. The van der Waals surface area contributed by atoms with Crippen LogP contribution >= 0.6 is 0 Å². The molecular formula is C11H16Si. The summed E-state index contributed by atoms with van der Waals surface area (Å²) in [4.78, 5) is 0. The monoisotopic (exact) mass is 176 g/mol. The first kappa shape index (κ1) is 9.27. The first-order valence-electron chi connectivity index (χ1n) is 4.27. The first-order chi connectivity index (χ1) is 5.54. The zero-order valence-corrected chi connectivity index (χ0v) is 9.09. The summed E-state index contributed by atoms with van der Waals surface area (Å²) in [5.41, 5.74) is 1.21. The van der Waals surface area contributed by atoms with Crippen molar-refractivity contribution >= 4 is 19.3 Å². The second-order valence-corrected chi connectivity index (χ2v) is 9.15. The molecule has 0 bridgehead atoms. The van der Waals surface area contributed by atoms with Crippen molar-refractivity contribution in [3.05, 3.63) is 36.4 Å². The summed E-state index contributed by atoms with van der Waals surface area (Å²) in [6.07, 6.45) is 1.88. The summed E-state index contributed by atoms with van der Waals surface area (Å²) in [5.74, 6) is 0. The van der Waals surface area contributed by atoms with Gasteiger partial charge in [-0.3, -0.25) is 0 Å². The van der Waals surface area contributed by atoms with E-state index in [1.807, 2.05) is 6.08 Å². The Labute approximate surface area is 75.9 Å². The molecule has 0 aliphatic rings. The van der Waals surface area contributed by atoms with Crippen LogP contribution < -0.4 is 5.19 Å². The topological polar surface area (TPSA) is 0 Å². The minimum Gasteiger partial charge on any atom is -0.0985 e. The molecule has 1 heteroatoms. The highest BCUT2D eigenvalue weighted by Crippen LogP contribution is 2.04. The van der Waals surface area contributed by atoms with Crippen molar-refractivity contribution in [1.82, 2.24) is 0 Å². The standard InChI is InChI=1S/C11H16Si/c1-5-10-6-8-11(9-7-10)12(2,3)4/h5-9H,1H2,2-4H3. The van der Waals surface area contributed by atoms with Gasteiger partial charge in [0.15, 0.2) is 0 Å². The zero-order chi connectivity index (χ0) is 9.19. The lowest BCUT2D eigenvalue weighted by molar-refractivity contribution is 1.65. The second-order valence-electron chi connectivity index (χ2n) is 4.08. The largest absolute Gasteiger partial charge is 0.0985 e. The molecule has 0 aliphatic carbocycles. The van der Waals surface area contributed by atoms with E-state index >= 15 is 0 Å². The van der Waals surface area contributed by atoms with Crippen LogP contribution in [0.4, 0.5) is 0 Å². The summed E-state index contributed by atoms with van der Waals surface area (Å²) < 4.78 is 0. The molecule has 1 rings (SSSR count). The number of hydrogen-bond acceptors (Lipinski definition) is 0. The lowest BCUT2D eigenvalue weighted by atomic mass is 10.2. The van der Waals surface area contributed by atoms with Gasteiger partial charge in [-0.25, -0.2) is 0 Å². The molecule has 0 fully saturated rings. The maximum atomic E-state index is 3.73. The van der Waals surface area contributed by atoms with Gasteiger partial charge >= 0.3 is 0 Å². The highest BCUT2D eigenvalue weighted by Gasteiger charge is 2.14. The molecule has 1 aromatic carbocycles. The fourth-order valence-electron chi connectivity index (χ4n) is 1.12. The number of rotatable bonds is 2. The quantitative estimate of drug-likeness (QED) is 0.608. The minimum absolute atomic E-state index is 1.10. The average molecular weight is 176 g/mol. The molecule has 0 saturated heterocycles. The predicted octanol–water partition coefficient (Wildman–Crippen LogP) is 2.87. The van der Waals surface area contributed by atoms with E-state index in [1.54, 1.807) is 0 Å². The number of hydrogen-bond donors (Lipinski definition) is 0. The zero-order valence-electron chi connectivity index (χ0n) is 8.09. The molecule has 0 N–H and O–H groups in total. The van der Waals surface area contributed by atoms with Crippen molar-refractivity contribution in [2.24, 2.45) is 0 Å². The van der Waals surface area contributed by atoms with Gasteiger partial charge in [0.2, 0.25) is 0 Å². The molecule has 0 spiro atoms. The van der Waals surface area contributed by atoms with Crippen LogP contribution in [-0.2, 0) is 0 Å². The van der Waals surface area contributed by atoms with E-state index in [4.69, 9.17) is 0 Å². The molecule has 0 aromatic heterocycles. The highest BCUT2D eigenvalue weighted by atomic mass is 28.3. The van der Waals surface area contributed by atoms with Gasteiger partial charge < -0.3 is 0 Å². The average Bonchev–Trinajstić information content (AvgIpc) is 2.03. The van der Waals surface area contributed by atoms with Crippen molar-refractivity contribution in [2.45, 2.75) is 19.6 Å². The van der Waals surface area contributed by atoms with Gasteiger partial charge in [-0.15, -0.1) is 0 Å². The van der Waals surface area contributed by atoms with Crippen LogP contribution in [0.2, 0.25) is 19.6 Å². The van der Waals surface area contributed by atoms with E-state index in [1.165, 1.54) is 10.8 Å². The van der Waals surface area contributed by atoms with Crippen LogP contribution in [0.1, 0.15) is 5.56 Å². The lowest BCUT2D eigenvalue weighted by Gasteiger charge is -2.16. The summed E-state index contributed by atoms with van der Waals surface area (Å²) in [5, 5.41) is 1.51. The Bertz CT molecular complexity index is 264. The maximum absolute atomic E-state index is 3.73. The smallest absolute Gasteiger partial charge is 0.0775 e. The maximum Gasteiger partial charge on any atom is 0.0775 e. The van der Waals surface area contributed by atoms with Gasteiger partial charge in [-0.1, -0.05) is 61.7 Å². The molecule has 0 aliphatic heterocycles. The summed E-state index contributed by atoms with van der Waals surface area (Å²) >= 11 is 0. The molecule has 0 amide bonds. The Balaban J connectivity index is 3.00. The van der Waals surface area contributed by atoms with Crippen molar-refractivity contribution in [2.75, 3.05) is 0 Å². The van der Waals surface area contributed by atoms with E-state index in [-0.39, 0.29) is 0 Å². The fourth-order valence-corrected chi connectivity index (χ4v) is 2.29. The van der Waals surface area contributed by atoms with Crippen LogP contribution in [0.5, 0.6) is 0 Å². The molecule has 0 atom stereocenters. The third-order valence-corrected chi connectivity index (χ3v) is 4.08. The highest BCUT2D eigenvalue weighted by molar-refractivity contribution is 6.88. The number of benzene rings is 1. The summed E-state index contributed by atoms with van der Waals surface area (Å²) in [6.45, 7) is 10.8. The predicted molar refractivity (Wildman–Crippen MR) is 59.5 cm³/mol. The normalized spacial score (nSPS) is 11.2. The van der Waals surface area contributed by atoms with Crippen molar-refractivity contribution < 1.29 is 0 Å². The van der Waals surface area contributed by atoms with Gasteiger partial charge in [-0.05, 0) is 5.56 Å². The first-order valence-corrected chi connectivity index (χ1v) is 7.77. The molecule has 12 heavy (non-hydrogen) atoms. The van der Waals surface area contributed by atoms with Gasteiger partial charge in [0.1, 0.15) is 0 Å². The Morgan fingerprint density at radius 3 is 1.92 bits per heavy atom. The van der Waals surface area contributed by atoms with Crippen LogP contribution in [-0.4, -0.2) is 8.07 Å². The van der Waals surface area contributed by atoms with E-state index in [9.17, 15) is 0 Å². The van der Waals surface area contributed by atoms with Gasteiger partial charge in [0, 0.05) is 0 Å². The molecule has 0 heterocycles. The second kappa shape index (κ2) is 3.28. The van der Waals surface area contributed by atoms with Crippen LogP contribution in [0, 0.1) is 0 Å². The molecule has 64 valence electrons. The van der Waals surface area contributed by atoms with Gasteiger partial charge in [-0.2, -0.15) is 0 Å². The van der Waals surface area contributed by atoms with Crippen LogP contribution in [0.25, 0.3) is 6.08 Å². The Hall–Kier alpha value is -0.823. The van der Waals surface area contributed by atoms with Crippen molar-refractivity contribution in [3.63, 3.8) is 0 Å². The van der Waals surface area contributed by atoms with E-state index in [2.05, 4.69) is 50.5 Å². The fraction of sp³-hybridized carbons (Fsp3) is 0.273. The minimum atomic E-state index is -1.10. The third-order valence-electron chi connectivity index (χ3n) is 2.01. The molecule has 0 nitrogen and oxygen atoms in total. The van der Waals surface area contributed by atoms with Crippen LogP contribution in [0.15, 0.2) is 30.8 Å². The van der Waals surface area contributed by atoms with E-state index in [0.29, 0.717) is 0 Å². The summed E-state index contributed by atoms with van der Waals surface area (Å²) in [7, 11) is -1.10. The lowest BCUT2D eigenvalue weighted by Crippen LogP contribution is -2.37. The molecular weight excluding hydrogens is 160 g/mol. The third kappa shape index (κ3) is 2.08. The molecule has 0 radical (unpaired) electrons. The summed E-state index contributed by atoms with van der Waals surface area (Å²) in [6, 6.07) is 8.73. The Kier molecular flexibility index (Phi) is 2.53. The Morgan fingerprint density at radius 1 is 1.08 bits per heavy atom. The molecule has 0 saturated carbocycles. The van der Waals surface area contributed by atoms with Crippen molar-refractivity contribution in [3.8, 4) is 0 Å². The van der Waals surface area contributed by atoms with E-state index < -0.39 is 8.07 Å². The molecule has 0 unspecified atom stereocenters. The molecule has 1 aromatic rings.